The number of ether oxygens (including phenoxy) is 1. The van der Waals surface area contributed by atoms with Gasteiger partial charge in [-0.05, 0) is 56.6 Å². The summed E-state index contributed by atoms with van der Waals surface area (Å²) in [6.45, 7) is 4.70. The van der Waals surface area contributed by atoms with E-state index in [4.69, 9.17) is 4.74 Å². The van der Waals surface area contributed by atoms with Gasteiger partial charge in [0.05, 0.1) is 22.5 Å². The maximum Gasteiger partial charge on any atom is 0.256 e. The molecule has 0 bridgehead atoms. The molecular weight excluding hydrogens is 485 g/mol. The predicted octanol–water partition coefficient (Wildman–Crippen LogP) is 2.37. The van der Waals surface area contributed by atoms with Gasteiger partial charge < -0.3 is 15.0 Å². The number of sulfone groups is 1. The number of likely N-dealkylation sites (tertiary alicyclic amines) is 1. The number of fused-ring (bicyclic) bond motifs is 2. The van der Waals surface area contributed by atoms with E-state index in [-0.39, 0.29) is 36.1 Å². The topological polar surface area (TPSA) is 96.0 Å². The van der Waals surface area contributed by atoms with E-state index in [1.165, 1.54) is 17.0 Å². The molecule has 0 aliphatic carbocycles. The van der Waals surface area contributed by atoms with Crippen molar-refractivity contribution in [3.8, 4) is 5.75 Å². The Kier molecular flexibility index (Phi) is 6.50. The summed E-state index contributed by atoms with van der Waals surface area (Å²) in [7, 11) is -3.12. The molecular formula is C26H30FN3O5S. The van der Waals surface area contributed by atoms with Crippen molar-refractivity contribution in [3.05, 3.63) is 58.9 Å². The molecule has 3 aliphatic rings. The molecule has 0 aromatic heterocycles. The predicted molar refractivity (Wildman–Crippen MR) is 134 cm³/mol. The highest BCUT2D eigenvalue weighted by Crippen LogP contribution is 2.45. The van der Waals surface area contributed by atoms with Crippen LogP contribution in [0.3, 0.4) is 0 Å². The number of piperidine rings is 1. The summed E-state index contributed by atoms with van der Waals surface area (Å²) in [5.74, 6) is -0.990. The largest absolute Gasteiger partial charge is 0.492 e. The number of rotatable bonds is 5. The normalized spacial score (nSPS) is 20.7. The number of nitrogens with zero attached hydrogens (tertiary/aromatic N) is 2. The van der Waals surface area contributed by atoms with E-state index < -0.39 is 27.0 Å². The Balaban J connectivity index is 1.13. The van der Waals surface area contributed by atoms with E-state index in [2.05, 4.69) is 16.3 Å². The van der Waals surface area contributed by atoms with Crippen molar-refractivity contribution in [1.82, 2.24) is 9.80 Å². The highest BCUT2D eigenvalue weighted by Gasteiger charge is 2.48. The molecule has 0 atom stereocenters. The smallest absolute Gasteiger partial charge is 0.256 e. The maximum atomic E-state index is 14.7. The molecule has 0 saturated carbocycles. The first kappa shape index (κ1) is 24.7. The van der Waals surface area contributed by atoms with E-state index in [1.54, 1.807) is 6.07 Å². The van der Waals surface area contributed by atoms with Gasteiger partial charge in [0.25, 0.3) is 5.91 Å². The van der Waals surface area contributed by atoms with Gasteiger partial charge in [0, 0.05) is 31.4 Å². The van der Waals surface area contributed by atoms with Crippen LogP contribution in [0.15, 0.2) is 36.4 Å². The van der Waals surface area contributed by atoms with Crippen LogP contribution in [0.2, 0.25) is 0 Å². The van der Waals surface area contributed by atoms with Gasteiger partial charge in [-0.3, -0.25) is 14.5 Å². The van der Waals surface area contributed by atoms with Crippen LogP contribution >= 0.6 is 0 Å². The fourth-order valence-electron chi connectivity index (χ4n) is 5.32. The summed E-state index contributed by atoms with van der Waals surface area (Å²) in [5, 5.41) is 3.04. The molecule has 5 rings (SSSR count). The average molecular weight is 516 g/mol. The van der Waals surface area contributed by atoms with Crippen LogP contribution in [-0.4, -0.2) is 80.9 Å². The summed E-state index contributed by atoms with van der Waals surface area (Å²) in [6.07, 6.45) is 1.47. The van der Waals surface area contributed by atoms with Crippen molar-refractivity contribution < 1.29 is 27.1 Å². The number of anilines is 1. The number of aryl methyl sites for hydroxylation is 1. The third-order valence-corrected chi connectivity index (χ3v) is 9.17. The first-order chi connectivity index (χ1) is 17.2. The monoisotopic (exact) mass is 515 g/mol. The quantitative estimate of drug-likeness (QED) is 0.657. The third-order valence-electron chi connectivity index (χ3n) is 7.56. The molecule has 3 heterocycles. The van der Waals surface area contributed by atoms with Crippen LogP contribution in [0.4, 0.5) is 10.1 Å². The first-order valence-corrected chi connectivity index (χ1v) is 14.1. The van der Waals surface area contributed by atoms with Gasteiger partial charge in [0.2, 0.25) is 5.91 Å². The lowest BCUT2D eigenvalue weighted by atomic mass is 9.73. The van der Waals surface area contributed by atoms with E-state index in [1.807, 2.05) is 19.1 Å². The number of halogens is 1. The molecule has 2 aromatic carbocycles. The van der Waals surface area contributed by atoms with Crippen molar-refractivity contribution in [3.63, 3.8) is 0 Å². The Morgan fingerprint density at radius 3 is 2.50 bits per heavy atom. The van der Waals surface area contributed by atoms with Crippen molar-refractivity contribution in [2.75, 3.05) is 56.2 Å². The van der Waals surface area contributed by atoms with Gasteiger partial charge in [0.15, 0.2) is 9.84 Å². The number of nitrogens with one attached hydrogen (secondary N) is 1. The van der Waals surface area contributed by atoms with Crippen LogP contribution in [-0.2, 0) is 20.0 Å². The molecule has 2 saturated heterocycles. The molecule has 0 unspecified atom stereocenters. The fourth-order valence-corrected chi connectivity index (χ4v) is 6.52. The Bertz CT molecular complexity index is 1290. The van der Waals surface area contributed by atoms with Crippen LogP contribution in [0, 0.1) is 12.7 Å². The summed E-state index contributed by atoms with van der Waals surface area (Å²) in [4.78, 5) is 29.0. The SMILES string of the molecule is Cc1ccc2c(c1)C1(CCN(CCOc3ccc(C(=O)N4CCS(=O)(=O)CC4)c(F)c3)CC1)C(=O)N2. The number of hydrogen-bond acceptors (Lipinski definition) is 6. The number of hydrogen-bond donors (Lipinski definition) is 1. The van der Waals surface area contributed by atoms with Crippen LogP contribution < -0.4 is 10.1 Å². The summed E-state index contributed by atoms with van der Waals surface area (Å²) < 4.78 is 43.5. The highest BCUT2D eigenvalue weighted by molar-refractivity contribution is 7.91. The number of benzene rings is 2. The van der Waals surface area contributed by atoms with E-state index >= 15 is 0 Å². The average Bonchev–Trinajstić information content (AvgIpc) is 3.10. The first-order valence-electron chi connectivity index (χ1n) is 12.2. The van der Waals surface area contributed by atoms with Crippen molar-refractivity contribution in [1.29, 1.82) is 0 Å². The van der Waals surface area contributed by atoms with Crippen LogP contribution in [0.1, 0.15) is 34.3 Å². The van der Waals surface area contributed by atoms with E-state index in [0.29, 0.717) is 18.9 Å². The Labute approximate surface area is 210 Å². The Morgan fingerprint density at radius 1 is 1.08 bits per heavy atom. The Morgan fingerprint density at radius 2 is 1.81 bits per heavy atom. The lowest BCUT2D eigenvalue weighted by Gasteiger charge is -2.38. The lowest BCUT2D eigenvalue weighted by Crippen LogP contribution is -2.47. The second-order valence-electron chi connectivity index (χ2n) is 9.86. The minimum absolute atomic E-state index is 0.0723. The highest BCUT2D eigenvalue weighted by atomic mass is 32.2. The Hall–Kier alpha value is -2.98. The number of amides is 2. The second kappa shape index (κ2) is 9.48. The minimum atomic E-state index is -3.12. The molecule has 36 heavy (non-hydrogen) atoms. The van der Waals surface area contributed by atoms with Gasteiger partial charge in [-0.1, -0.05) is 17.7 Å². The van der Waals surface area contributed by atoms with Gasteiger partial charge in [-0.15, -0.1) is 0 Å². The van der Waals surface area contributed by atoms with Crippen molar-refractivity contribution in [2.24, 2.45) is 0 Å². The molecule has 0 radical (unpaired) electrons. The van der Waals surface area contributed by atoms with Crippen molar-refractivity contribution in [2.45, 2.75) is 25.2 Å². The van der Waals surface area contributed by atoms with Gasteiger partial charge in [-0.25, -0.2) is 12.8 Å². The fraction of sp³-hybridized carbons (Fsp3) is 0.462. The minimum Gasteiger partial charge on any atom is -0.492 e. The zero-order chi connectivity index (χ0) is 25.5. The van der Waals surface area contributed by atoms with E-state index in [0.717, 1.165) is 42.7 Å². The number of carbonyl (C=O) groups excluding carboxylic acids is 2. The molecule has 1 spiro atoms. The van der Waals surface area contributed by atoms with Crippen molar-refractivity contribution >= 4 is 27.3 Å². The third kappa shape index (κ3) is 4.71. The molecule has 2 fully saturated rings. The van der Waals surface area contributed by atoms with E-state index in [9.17, 15) is 22.4 Å². The molecule has 192 valence electrons. The molecule has 8 nitrogen and oxygen atoms in total. The maximum absolute atomic E-state index is 14.7. The zero-order valence-corrected chi connectivity index (χ0v) is 21.1. The number of carbonyl (C=O) groups is 2. The van der Waals surface area contributed by atoms with Gasteiger partial charge >= 0.3 is 0 Å². The van der Waals surface area contributed by atoms with Gasteiger partial charge in [0.1, 0.15) is 18.2 Å². The standard InChI is InChI=1S/C26H30FN3O5S/c1-18-2-5-23-21(16-18)26(25(32)28-23)6-8-29(9-7-26)10-13-35-19-3-4-20(22(27)17-19)24(31)30-11-14-36(33,34)15-12-30/h2-5,16-17H,6-15H2,1H3,(H,28,32). The molecule has 1 N–H and O–H groups in total. The summed E-state index contributed by atoms with van der Waals surface area (Å²) in [6, 6.07) is 10.2. The molecule has 10 heteroatoms. The molecule has 3 aliphatic heterocycles. The molecule has 2 aromatic rings. The summed E-state index contributed by atoms with van der Waals surface area (Å²) in [5.41, 5.74) is 2.59. The lowest BCUT2D eigenvalue weighted by molar-refractivity contribution is -0.122. The second-order valence-corrected chi connectivity index (χ2v) is 12.2. The van der Waals surface area contributed by atoms with Gasteiger partial charge in [-0.2, -0.15) is 0 Å². The molecule has 2 amide bonds. The zero-order valence-electron chi connectivity index (χ0n) is 20.3. The van der Waals surface area contributed by atoms with Crippen LogP contribution in [0.25, 0.3) is 0 Å². The van der Waals surface area contributed by atoms with Crippen LogP contribution in [0.5, 0.6) is 5.75 Å². The summed E-state index contributed by atoms with van der Waals surface area (Å²) >= 11 is 0.